The highest BCUT2D eigenvalue weighted by molar-refractivity contribution is 5.96. The lowest BCUT2D eigenvalue weighted by molar-refractivity contribution is 0.0911. The van der Waals surface area contributed by atoms with Crippen molar-refractivity contribution < 1.29 is 4.79 Å². The fourth-order valence-corrected chi connectivity index (χ4v) is 1.94. The monoisotopic (exact) mass is 307 g/mol. The van der Waals surface area contributed by atoms with Gasteiger partial charge < -0.3 is 16.4 Å². The lowest BCUT2D eigenvalue weighted by Gasteiger charge is -2.30. The van der Waals surface area contributed by atoms with Gasteiger partial charge in [-0.3, -0.25) is 4.79 Å². The van der Waals surface area contributed by atoms with Crippen molar-refractivity contribution in [3.8, 4) is 0 Å². The summed E-state index contributed by atoms with van der Waals surface area (Å²) >= 11 is 0. The first-order chi connectivity index (χ1) is 8.18. The van der Waals surface area contributed by atoms with E-state index in [1.165, 1.54) is 12.4 Å². The van der Waals surface area contributed by atoms with E-state index >= 15 is 0 Å². The normalized spacial score (nSPS) is 21.7. The van der Waals surface area contributed by atoms with Crippen molar-refractivity contribution in [2.75, 3.05) is 18.8 Å². The van der Waals surface area contributed by atoms with Gasteiger partial charge >= 0.3 is 0 Å². The Morgan fingerprint density at radius 1 is 1.42 bits per heavy atom. The third kappa shape index (κ3) is 4.49. The number of aromatic nitrogens is 2. The van der Waals surface area contributed by atoms with E-state index in [1.54, 1.807) is 0 Å². The molecule has 2 heterocycles. The molecule has 1 amide bonds. The van der Waals surface area contributed by atoms with Crippen molar-refractivity contribution in [3.05, 3.63) is 18.1 Å². The van der Waals surface area contributed by atoms with Crippen molar-refractivity contribution in [3.63, 3.8) is 0 Å². The second kappa shape index (κ2) is 8.14. The highest BCUT2D eigenvalue weighted by Gasteiger charge is 2.24. The molecule has 0 spiro atoms. The molecule has 1 aromatic heterocycles. The average molecular weight is 308 g/mol. The van der Waals surface area contributed by atoms with Gasteiger partial charge in [0.15, 0.2) is 11.5 Å². The molecule has 2 rings (SSSR count). The van der Waals surface area contributed by atoms with Crippen LogP contribution in [0.1, 0.15) is 23.8 Å². The lowest BCUT2D eigenvalue weighted by Crippen LogP contribution is -2.50. The van der Waals surface area contributed by atoms with Crippen LogP contribution in [0.2, 0.25) is 0 Å². The van der Waals surface area contributed by atoms with E-state index in [0.717, 1.165) is 19.5 Å². The van der Waals surface area contributed by atoms with Crippen LogP contribution in [0.5, 0.6) is 0 Å². The molecular weight excluding hydrogens is 289 g/mol. The molecule has 8 heteroatoms. The average Bonchev–Trinajstić information content (AvgIpc) is 2.32. The van der Waals surface area contributed by atoms with Gasteiger partial charge in [0.05, 0.1) is 0 Å². The van der Waals surface area contributed by atoms with Crippen molar-refractivity contribution >= 4 is 36.5 Å². The number of carbonyl (C=O) groups is 1. The van der Waals surface area contributed by atoms with E-state index in [-0.39, 0.29) is 48.3 Å². The Morgan fingerprint density at radius 2 is 2.11 bits per heavy atom. The smallest absolute Gasteiger partial charge is 0.273 e. The Kier molecular flexibility index (Phi) is 7.66. The topological polar surface area (TPSA) is 92.9 Å². The molecule has 1 aliphatic rings. The number of rotatable bonds is 2. The van der Waals surface area contributed by atoms with E-state index in [2.05, 4.69) is 27.5 Å². The number of halogens is 2. The van der Waals surface area contributed by atoms with Crippen LogP contribution in [0.15, 0.2) is 12.4 Å². The zero-order valence-electron chi connectivity index (χ0n) is 10.6. The van der Waals surface area contributed by atoms with Crippen molar-refractivity contribution in [2.45, 2.75) is 19.4 Å². The summed E-state index contributed by atoms with van der Waals surface area (Å²) in [5, 5.41) is 6.20. The SMILES string of the molecule is CC1CCNCC1NC(=O)c1nccnc1N.Cl.Cl. The first kappa shape index (κ1) is 17.9. The van der Waals surface area contributed by atoms with E-state index in [4.69, 9.17) is 5.73 Å². The molecular formula is C11H19Cl2N5O. The Balaban J connectivity index is 0.00000162. The molecule has 0 radical (unpaired) electrons. The van der Waals surface area contributed by atoms with E-state index in [9.17, 15) is 4.79 Å². The molecule has 0 saturated carbocycles. The summed E-state index contributed by atoms with van der Waals surface area (Å²) < 4.78 is 0. The fraction of sp³-hybridized carbons (Fsp3) is 0.545. The van der Waals surface area contributed by atoms with Crippen LogP contribution < -0.4 is 16.4 Å². The van der Waals surface area contributed by atoms with Crippen LogP contribution >= 0.6 is 24.8 Å². The summed E-state index contributed by atoms with van der Waals surface area (Å²) in [6.07, 6.45) is 3.99. The second-order valence-corrected chi connectivity index (χ2v) is 4.34. The number of carbonyl (C=O) groups excluding carboxylic acids is 1. The van der Waals surface area contributed by atoms with Crippen LogP contribution in [-0.2, 0) is 0 Å². The standard InChI is InChI=1S/C11H17N5O.2ClH/c1-7-2-3-13-6-8(7)16-11(17)9-10(12)15-5-4-14-9;;/h4-5,7-8,13H,2-3,6H2,1H3,(H2,12,15)(H,16,17);2*1H. The van der Waals surface area contributed by atoms with E-state index in [0.29, 0.717) is 5.92 Å². The maximum atomic E-state index is 12.0. The summed E-state index contributed by atoms with van der Waals surface area (Å²) in [5.41, 5.74) is 5.81. The minimum Gasteiger partial charge on any atom is -0.382 e. The third-order valence-electron chi connectivity index (χ3n) is 3.09. The molecule has 4 N–H and O–H groups in total. The minimum atomic E-state index is -0.254. The highest BCUT2D eigenvalue weighted by Crippen LogP contribution is 2.12. The number of nitrogen functional groups attached to an aromatic ring is 1. The summed E-state index contributed by atoms with van der Waals surface area (Å²) in [6, 6.07) is 0.123. The number of piperidine rings is 1. The molecule has 19 heavy (non-hydrogen) atoms. The predicted molar refractivity (Wildman–Crippen MR) is 78.8 cm³/mol. The summed E-state index contributed by atoms with van der Waals surface area (Å²) in [7, 11) is 0. The predicted octanol–water partition coefficient (Wildman–Crippen LogP) is 0.630. The van der Waals surface area contributed by atoms with Gasteiger partial charge in [0, 0.05) is 25.0 Å². The third-order valence-corrected chi connectivity index (χ3v) is 3.09. The Hall–Kier alpha value is -1.11. The molecule has 1 aliphatic heterocycles. The molecule has 2 unspecified atom stereocenters. The van der Waals surface area contributed by atoms with Crippen molar-refractivity contribution in [1.82, 2.24) is 20.6 Å². The summed E-state index contributed by atoms with van der Waals surface area (Å²) in [5.74, 6) is 0.371. The van der Waals surface area contributed by atoms with Gasteiger partial charge in [-0.15, -0.1) is 24.8 Å². The summed E-state index contributed by atoms with van der Waals surface area (Å²) in [4.78, 5) is 19.8. The van der Waals surface area contributed by atoms with E-state index < -0.39 is 0 Å². The number of nitrogens with two attached hydrogens (primary N) is 1. The Bertz CT molecular complexity index is 418. The van der Waals surface area contributed by atoms with Gasteiger partial charge in [-0.1, -0.05) is 6.92 Å². The fourth-order valence-electron chi connectivity index (χ4n) is 1.94. The van der Waals surface area contributed by atoms with Crippen LogP contribution in [0.25, 0.3) is 0 Å². The zero-order chi connectivity index (χ0) is 12.3. The first-order valence-electron chi connectivity index (χ1n) is 5.76. The maximum Gasteiger partial charge on any atom is 0.273 e. The van der Waals surface area contributed by atoms with Crippen molar-refractivity contribution in [2.24, 2.45) is 5.92 Å². The van der Waals surface area contributed by atoms with Gasteiger partial charge in [0.25, 0.3) is 5.91 Å². The number of hydrogen-bond acceptors (Lipinski definition) is 5. The van der Waals surface area contributed by atoms with Crippen LogP contribution in [-0.4, -0.2) is 35.0 Å². The molecule has 0 aromatic carbocycles. The number of amides is 1. The van der Waals surface area contributed by atoms with Crippen molar-refractivity contribution in [1.29, 1.82) is 0 Å². The molecule has 1 saturated heterocycles. The molecule has 108 valence electrons. The van der Waals surface area contributed by atoms with Crippen LogP contribution in [0.3, 0.4) is 0 Å². The molecule has 0 aliphatic carbocycles. The van der Waals surface area contributed by atoms with E-state index in [1.807, 2.05) is 0 Å². The van der Waals surface area contributed by atoms with Gasteiger partial charge in [0.1, 0.15) is 0 Å². The highest BCUT2D eigenvalue weighted by atomic mass is 35.5. The number of nitrogens with one attached hydrogen (secondary N) is 2. The lowest BCUT2D eigenvalue weighted by atomic mass is 9.95. The van der Waals surface area contributed by atoms with Crippen LogP contribution in [0.4, 0.5) is 5.82 Å². The Labute approximate surface area is 124 Å². The van der Waals surface area contributed by atoms with Gasteiger partial charge in [0.2, 0.25) is 0 Å². The molecule has 0 bridgehead atoms. The molecule has 2 atom stereocenters. The number of anilines is 1. The maximum absolute atomic E-state index is 12.0. The zero-order valence-corrected chi connectivity index (χ0v) is 12.3. The number of nitrogens with zero attached hydrogens (tertiary/aromatic N) is 2. The summed E-state index contributed by atoms with van der Waals surface area (Å²) in [6.45, 7) is 3.92. The largest absolute Gasteiger partial charge is 0.382 e. The first-order valence-corrected chi connectivity index (χ1v) is 5.76. The molecule has 6 nitrogen and oxygen atoms in total. The van der Waals surface area contributed by atoms with Gasteiger partial charge in [-0.2, -0.15) is 0 Å². The molecule has 1 aromatic rings. The van der Waals surface area contributed by atoms with Gasteiger partial charge in [-0.05, 0) is 18.9 Å². The minimum absolute atomic E-state index is 0. The second-order valence-electron chi connectivity index (χ2n) is 4.34. The molecule has 1 fully saturated rings. The van der Waals surface area contributed by atoms with Crippen LogP contribution in [0, 0.1) is 5.92 Å². The van der Waals surface area contributed by atoms with Gasteiger partial charge in [-0.25, -0.2) is 9.97 Å². The number of hydrogen-bond donors (Lipinski definition) is 3. The quantitative estimate of drug-likeness (QED) is 0.745. The Morgan fingerprint density at radius 3 is 2.74 bits per heavy atom.